The molecule has 3 rings (SSSR count). The first-order valence-electron chi connectivity index (χ1n) is 13.3. The normalized spacial score (nSPS) is 37.0. The third kappa shape index (κ3) is 5.94. The molecule has 3 saturated carbocycles. The van der Waals surface area contributed by atoms with Crippen LogP contribution < -0.4 is 0 Å². The van der Waals surface area contributed by atoms with Crippen LogP contribution in [0.2, 0.25) is 0 Å². The minimum absolute atomic E-state index is 0.146. The Balaban J connectivity index is 1.74. The molecule has 0 amide bonds. The fourth-order valence-electron chi connectivity index (χ4n) is 7.29. The molecule has 4 nitrogen and oxygen atoms in total. The van der Waals surface area contributed by atoms with E-state index in [-0.39, 0.29) is 11.7 Å². The average Bonchev–Trinajstić information content (AvgIpc) is 3.12. The van der Waals surface area contributed by atoms with Gasteiger partial charge in [0.05, 0.1) is 23.9 Å². The van der Waals surface area contributed by atoms with Crippen LogP contribution >= 0.6 is 0 Å². The molecule has 8 atom stereocenters. The van der Waals surface area contributed by atoms with Crippen molar-refractivity contribution in [1.82, 2.24) is 0 Å². The summed E-state index contributed by atoms with van der Waals surface area (Å²) < 4.78 is 11.9. The van der Waals surface area contributed by atoms with Gasteiger partial charge in [-0.1, -0.05) is 44.1 Å². The van der Waals surface area contributed by atoms with Gasteiger partial charge in [-0.2, -0.15) is 0 Å². The van der Waals surface area contributed by atoms with Crippen LogP contribution in [0.3, 0.4) is 0 Å². The van der Waals surface area contributed by atoms with Crippen LogP contribution in [0.15, 0.2) is 23.3 Å². The first-order chi connectivity index (χ1) is 15.5. The molecule has 190 valence electrons. The van der Waals surface area contributed by atoms with Gasteiger partial charge in [-0.05, 0) is 101 Å². The Morgan fingerprint density at radius 3 is 2.36 bits per heavy atom. The van der Waals surface area contributed by atoms with Gasteiger partial charge in [-0.15, -0.1) is 0 Å². The van der Waals surface area contributed by atoms with Crippen LogP contribution in [0, 0.1) is 29.1 Å². The summed E-state index contributed by atoms with van der Waals surface area (Å²) in [6, 6.07) is 0. The Labute approximate surface area is 202 Å². The number of aliphatic hydroxyl groups excluding tert-OH is 2. The molecule has 0 aliphatic heterocycles. The monoisotopic (exact) mass is 462 g/mol. The second kappa shape index (κ2) is 10.9. The van der Waals surface area contributed by atoms with Crippen molar-refractivity contribution < 1.29 is 19.7 Å². The summed E-state index contributed by atoms with van der Waals surface area (Å²) in [5.41, 5.74) is 2.96. The van der Waals surface area contributed by atoms with Gasteiger partial charge in [-0.3, -0.25) is 0 Å². The van der Waals surface area contributed by atoms with Gasteiger partial charge in [0.25, 0.3) is 0 Å². The third-order valence-corrected chi connectivity index (χ3v) is 9.93. The summed E-state index contributed by atoms with van der Waals surface area (Å²) in [7, 11) is 3.69. The highest BCUT2D eigenvalue weighted by molar-refractivity contribution is 5.26. The van der Waals surface area contributed by atoms with E-state index in [1.54, 1.807) is 5.57 Å². The fourth-order valence-corrected chi connectivity index (χ4v) is 7.29. The van der Waals surface area contributed by atoms with E-state index in [9.17, 15) is 10.2 Å². The SMILES string of the molecule is COC(C[C@@H](C)C(C)(C)OC)[C@@H](C)[C@H]1CC[C@H]2C(=CC=C3C[C@@H](O)C[C@H](O)C3)CCC[C@]12C. The number of aliphatic hydroxyl groups is 2. The second-order valence-electron chi connectivity index (χ2n) is 12.2. The second-order valence-corrected chi connectivity index (χ2v) is 12.2. The summed E-state index contributed by atoms with van der Waals surface area (Å²) in [4.78, 5) is 0. The summed E-state index contributed by atoms with van der Waals surface area (Å²) >= 11 is 0. The molecular formula is C29H50O4. The van der Waals surface area contributed by atoms with Crippen molar-refractivity contribution in [3.63, 3.8) is 0 Å². The van der Waals surface area contributed by atoms with Crippen LogP contribution in [0.4, 0.5) is 0 Å². The van der Waals surface area contributed by atoms with Gasteiger partial charge in [0.15, 0.2) is 0 Å². The zero-order chi connectivity index (χ0) is 24.4. The molecule has 0 aromatic carbocycles. The van der Waals surface area contributed by atoms with Crippen molar-refractivity contribution >= 4 is 0 Å². The first kappa shape index (κ1) is 26.9. The Kier molecular flexibility index (Phi) is 8.92. The lowest BCUT2D eigenvalue weighted by atomic mass is 9.60. The Morgan fingerprint density at radius 2 is 1.76 bits per heavy atom. The maximum Gasteiger partial charge on any atom is 0.0649 e. The lowest BCUT2D eigenvalue weighted by Gasteiger charge is -2.46. The van der Waals surface area contributed by atoms with Gasteiger partial charge in [-0.25, -0.2) is 0 Å². The number of hydrogen-bond acceptors (Lipinski definition) is 4. The zero-order valence-corrected chi connectivity index (χ0v) is 22.3. The van der Waals surface area contributed by atoms with Gasteiger partial charge in [0, 0.05) is 14.2 Å². The van der Waals surface area contributed by atoms with E-state index in [0.717, 1.165) is 6.42 Å². The molecule has 0 aromatic rings. The fraction of sp³-hybridized carbons (Fsp3) is 0.862. The van der Waals surface area contributed by atoms with Crippen molar-refractivity contribution in [2.75, 3.05) is 14.2 Å². The summed E-state index contributed by atoms with van der Waals surface area (Å²) in [6.45, 7) is 11.6. The van der Waals surface area contributed by atoms with Crippen molar-refractivity contribution in [3.8, 4) is 0 Å². The van der Waals surface area contributed by atoms with Crippen LogP contribution in [-0.4, -0.2) is 48.3 Å². The van der Waals surface area contributed by atoms with Crippen LogP contribution in [0.1, 0.15) is 92.4 Å². The van der Waals surface area contributed by atoms with Gasteiger partial charge in [0.2, 0.25) is 0 Å². The molecular weight excluding hydrogens is 412 g/mol. The summed E-state index contributed by atoms with van der Waals surface area (Å²) in [5, 5.41) is 20.1. The number of fused-ring (bicyclic) bond motifs is 1. The molecule has 0 saturated heterocycles. The number of allylic oxidation sites excluding steroid dienone is 3. The van der Waals surface area contributed by atoms with Crippen molar-refractivity contribution in [3.05, 3.63) is 23.3 Å². The quantitative estimate of drug-likeness (QED) is 0.460. The van der Waals surface area contributed by atoms with E-state index in [1.165, 1.54) is 37.7 Å². The molecule has 0 heterocycles. The van der Waals surface area contributed by atoms with E-state index in [2.05, 4.69) is 46.8 Å². The lowest BCUT2D eigenvalue weighted by molar-refractivity contribution is -0.0637. The highest BCUT2D eigenvalue weighted by Gasteiger charge is 2.52. The van der Waals surface area contributed by atoms with E-state index in [4.69, 9.17) is 9.47 Å². The molecule has 3 aliphatic carbocycles. The van der Waals surface area contributed by atoms with Crippen molar-refractivity contribution in [2.24, 2.45) is 29.1 Å². The van der Waals surface area contributed by atoms with Gasteiger partial charge < -0.3 is 19.7 Å². The molecule has 1 unspecified atom stereocenters. The predicted octanol–water partition coefficient (Wildman–Crippen LogP) is 6.06. The first-order valence-corrected chi connectivity index (χ1v) is 13.3. The maximum atomic E-state index is 10.0. The van der Waals surface area contributed by atoms with E-state index in [1.807, 2.05) is 14.2 Å². The van der Waals surface area contributed by atoms with Crippen LogP contribution in [0.25, 0.3) is 0 Å². The molecule has 0 aromatic heterocycles. The lowest BCUT2D eigenvalue weighted by Crippen LogP contribution is -2.42. The minimum atomic E-state index is -0.400. The topological polar surface area (TPSA) is 58.9 Å². The van der Waals surface area contributed by atoms with E-state index < -0.39 is 12.2 Å². The molecule has 4 heteroatoms. The largest absolute Gasteiger partial charge is 0.393 e. The molecule has 0 spiro atoms. The van der Waals surface area contributed by atoms with E-state index >= 15 is 0 Å². The Bertz CT molecular complexity index is 698. The molecule has 3 fully saturated rings. The number of rotatable bonds is 8. The van der Waals surface area contributed by atoms with Crippen LogP contribution in [-0.2, 0) is 9.47 Å². The molecule has 33 heavy (non-hydrogen) atoms. The number of hydrogen-bond donors (Lipinski definition) is 2. The molecule has 3 aliphatic rings. The molecule has 2 N–H and O–H groups in total. The smallest absolute Gasteiger partial charge is 0.0649 e. The number of methoxy groups -OCH3 is 2. The molecule has 0 bridgehead atoms. The van der Waals surface area contributed by atoms with Crippen LogP contribution in [0.5, 0.6) is 0 Å². The highest BCUT2D eigenvalue weighted by atomic mass is 16.5. The summed E-state index contributed by atoms with van der Waals surface area (Å²) in [6.07, 6.45) is 13.2. The number of ether oxygens (including phenoxy) is 2. The highest BCUT2D eigenvalue weighted by Crippen LogP contribution is 2.60. The zero-order valence-electron chi connectivity index (χ0n) is 22.3. The van der Waals surface area contributed by atoms with Crippen molar-refractivity contribution in [1.29, 1.82) is 0 Å². The third-order valence-electron chi connectivity index (χ3n) is 9.93. The van der Waals surface area contributed by atoms with E-state index in [0.29, 0.717) is 48.3 Å². The standard InChI is InChI=1S/C29H50O4/c1-19(28(3,4)33-7)15-27(32-6)20(2)25-12-13-26-22(9-8-14-29(25,26)5)11-10-21-16-23(30)18-24(31)17-21/h10-11,19-20,23-27,30-31H,8-9,12-18H2,1-7H3/t19-,20+,23-,24-,25-,26+,27?,29-/m1/s1. The molecule has 0 radical (unpaired) electrons. The summed E-state index contributed by atoms with van der Waals surface area (Å²) in [5.74, 6) is 2.25. The van der Waals surface area contributed by atoms with Crippen molar-refractivity contribution in [2.45, 2.75) is 116 Å². The Hall–Kier alpha value is -0.680. The minimum Gasteiger partial charge on any atom is -0.393 e. The average molecular weight is 463 g/mol. The predicted molar refractivity (Wildman–Crippen MR) is 135 cm³/mol. The Morgan fingerprint density at radius 1 is 1.09 bits per heavy atom. The maximum absolute atomic E-state index is 10.0. The van der Waals surface area contributed by atoms with Gasteiger partial charge in [0.1, 0.15) is 0 Å². The van der Waals surface area contributed by atoms with Gasteiger partial charge >= 0.3 is 0 Å².